The van der Waals surface area contributed by atoms with Crippen LogP contribution in [0, 0.1) is 12.1 Å². The van der Waals surface area contributed by atoms with Gasteiger partial charge in [-0.1, -0.05) is 114 Å². The zero-order valence-electron chi connectivity index (χ0n) is 26.0. The Balaban J connectivity index is 0.00000336. The average Bonchev–Trinajstić information content (AvgIpc) is 3.66. The molecule has 9 aromatic rings. The Morgan fingerprint density at radius 3 is 2.02 bits per heavy atom. The Morgan fingerprint density at radius 2 is 1.23 bits per heavy atom. The van der Waals surface area contributed by atoms with Crippen LogP contribution >= 0.6 is 0 Å². The number of aryl methyl sites for hydroxylation is 1. The number of rotatable bonds is 5. The van der Waals surface area contributed by atoms with Crippen LogP contribution in [0.1, 0.15) is 0 Å². The van der Waals surface area contributed by atoms with Crippen molar-refractivity contribution >= 4 is 32.8 Å². The van der Waals surface area contributed by atoms with E-state index in [0.29, 0.717) is 0 Å². The van der Waals surface area contributed by atoms with Gasteiger partial charge in [0.25, 0.3) is 0 Å². The summed E-state index contributed by atoms with van der Waals surface area (Å²) < 4.78 is 4.46. The van der Waals surface area contributed by atoms with E-state index in [4.69, 9.17) is 4.98 Å². The smallest absolute Gasteiger partial charge is 0.367 e. The minimum atomic E-state index is 0. The Morgan fingerprint density at radius 1 is 0.542 bits per heavy atom. The van der Waals surface area contributed by atoms with E-state index in [0.717, 1.165) is 72.3 Å². The first-order valence-electron chi connectivity index (χ1n) is 15.7. The van der Waals surface area contributed by atoms with Gasteiger partial charge >= 0.3 is 21.1 Å². The topological polar surface area (TPSA) is 35.6 Å². The van der Waals surface area contributed by atoms with Crippen molar-refractivity contribution in [2.45, 2.75) is 0 Å². The first-order valence-corrected chi connectivity index (χ1v) is 15.7. The Hall–Kier alpha value is -5.57. The molecule has 0 unspecified atom stereocenters. The third-order valence-corrected chi connectivity index (χ3v) is 9.00. The summed E-state index contributed by atoms with van der Waals surface area (Å²) in [5.74, 6) is 0.882. The molecular weight excluding hydrogens is 768 g/mol. The van der Waals surface area contributed by atoms with E-state index >= 15 is 0 Å². The molecule has 0 aliphatic carbocycles. The van der Waals surface area contributed by atoms with E-state index in [1.165, 1.54) is 11.1 Å². The molecule has 230 valence electrons. The van der Waals surface area contributed by atoms with Crippen molar-refractivity contribution in [1.29, 1.82) is 0 Å². The number of aromatic nitrogens is 4. The van der Waals surface area contributed by atoms with Crippen LogP contribution in [0.15, 0.2) is 152 Å². The summed E-state index contributed by atoms with van der Waals surface area (Å²) in [6, 6.07) is 58.4. The maximum atomic E-state index is 5.00. The minimum absolute atomic E-state index is 0. The molecule has 0 amide bonds. The summed E-state index contributed by atoms with van der Waals surface area (Å²) in [6.45, 7) is 0. The number of para-hydroxylation sites is 3. The van der Waals surface area contributed by atoms with Crippen LogP contribution in [0.5, 0.6) is 0 Å². The second-order valence-electron chi connectivity index (χ2n) is 11.8. The molecular formula is C43H28N4Pt. The third-order valence-electron chi connectivity index (χ3n) is 9.00. The Kier molecular flexibility index (Phi) is 7.59. The van der Waals surface area contributed by atoms with E-state index in [1.807, 2.05) is 36.5 Å². The second kappa shape index (κ2) is 12.2. The van der Waals surface area contributed by atoms with E-state index in [-0.39, 0.29) is 21.1 Å². The summed E-state index contributed by atoms with van der Waals surface area (Å²) in [6.07, 6.45) is 1.83. The summed E-state index contributed by atoms with van der Waals surface area (Å²) >= 11 is 0. The Labute approximate surface area is 293 Å². The van der Waals surface area contributed by atoms with Crippen LogP contribution in [-0.4, -0.2) is 19.1 Å². The molecule has 0 atom stereocenters. The zero-order chi connectivity index (χ0) is 31.3. The summed E-state index contributed by atoms with van der Waals surface area (Å²) in [5, 5.41) is 2.29. The molecule has 5 heteroatoms. The quantitative estimate of drug-likeness (QED) is 0.163. The van der Waals surface area contributed by atoms with Gasteiger partial charge in [0.2, 0.25) is 0 Å². The van der Waals surface area contributed by atoms with Crippen molar-refractivity contribution in [3.05, 3.63) is 164 Å². The normalized spacial score (nSPS) is 11.3. The van der Waals surface area contributed by atoms with Gasteiger partial charge in [-0.2, -0.15) is 0 Å². The molecule has 4 nitrogen and oxygen atoms in total. The van der Waals surface area contributed by atoms with E-state index < -0.39 is 0 Å². The summed E-state index contributed by atoms with van der Waals surface area (Å²) in [7, 11) is 2.07. The molecule has 0 saturated heterocycles. The molecule has 0 aliphatic heterocycles. The monoisotopic (exact) mass is 795 g/mol. The fraction of sp³-hybridized carbons (Fsp3) is 0.0233. The molecule has 0 N–H and O–H groups in total. The number of pyridine rings is 1. The molecule has 0 aliphatic rings. The molecule has 0 fully saturated rings. The van der Waals surface area contributed by atoms with Crippen LogP contribution < -0.4 is 0 Å². The fourth-order valence-electron chi connectivity index (χ4n) is 6.68. The average molecular weight is 796 g/mol. The fourth-order valence-corrected chi connectivity index (χ4v) is 6.68. The van der Waals surface area contributed by atoms with Crippen molar-refractivity contribution in [2.24, 2.45) is 7.05 Å². The summed E-state index contributed by atoms with van der Waals surface area (Å²) in [5.41, 5.74) is 12.4. The number of hydrogen-bond donors (Lipinski definition) is 0. The molecule has 3 aromatic heterocycles. The SMILES string of the molecule is Cn1c(-c2[c-]c3c(cc2)c2ccccc2n3-c2[c-]c(-c3ccccn3)ccc2-c2ccc(-c3ccccc3)cc2)nc2ccccc21.[Pt+2]. The van der Waals surface area contributed by atoms with Gasteiger partial charge in [0.15, 0.2) is 0 Å². The zero-order valence-corrected chi connectivity index (χ0v) is 28.3. The molecule has 9 rings (SSSR count). The molecule has 0 spiro atoms. The van der Waals surface area contributed by atoms with Crippen LogP contribution in [-0.2, 0) is 28.1 Å². The second-order valence-corrected chi connectivity index (χ2v) is 11.8. The van der Waals surface area contributed by atoms with Crippen molar-refractivity contribution in [2.75, 3.05) is 0 Å². The predicted octanol–water partition coefficient (Wildman–Crippen LogP) is 10.3. The first-order chi connectivity index (χ1) is 23.2. The molecule has 3 heterocycles. The van der Waals surface area contributed by atoms with Gasteiger partial charge in [-0.15, -0.1) is 47.5 Å². The van der Waals surface area contributed by atoms with Crippen LogP contribution in [0.3, 0.4) is 0 Å². The molecule has 48 heavy (non-hydrogen) atoms. The molecule has 0 saturated carbocycles. The largest absolute Gasteiger partial charge is 2.00 e. The van der Waals surface area contributed by atoms with Gasteiger partial charge in [0, 0.05) is 18.8 Å². The predicted molar refractivity (Wildman–Crippen MR) is 192 cm³/mol. The van der Waals surface area contributed by atoms with Crippen molar-refractivity contribution in [1.82, 2.24) is 19.1 Å². The van der Waals surface area contributed by atoms with Crippen LogP contribution in [0.2, 0.25) is 0 Å². The Bertz CT molecular complexity index is 2570. The van der Waals surface area contributed by atoms with Gasteiger partial charge in [-0.05, 0) is 57.7 Å². The molecule has 0 radical (unpaired) electrons. The van der Waals surface area contributed by atoms with Gasteiger partial charge in [-0.25, -0.2) is 0 Å². The van der Waals surface area contributed by atoms with Crippen molar-refractivity contribution < 1.29 is 21.1 Å². The van der Waals surface area contributed by atoms with Gasteiger partial charge in [0.05, 0.1) is 16.9 Å². The third kappa shape index (κ3) is 4.97. The standard InChI is InChI=1S/C43H28N4.Pt/c1-46-40-17-8-6-15-38(40)45-43(46)33-23-25-36-35-13-5-7-16-39(35)47(42(36)28-33)41-27-32(37-14-9-10-26-44-37)22-24-34(41)31-20-18-30(19-21-31)29-11-3-2-4-12-29;/h2-26H,1H3;/q-2;+2. The minimum Gasteiger partial charge on any atom is -0.367 e. The molecule has 6 aromatic carbocycles. The maximum absolute atomic E-state index is 5.00. The number of nitrogens with zero attached hydrogens (tertiary/aromatic N) is 4. The van der Waals surface area contributed by atoms with Gasteiger partial charge < -0.3 is 14.1 Å². The number of benzene rings is 6. The number of fused-ring (bicyclic) bond motifs is 4. The van der Waals surface area contributed by atoms with E-state index in [9.17, 15) is 0 Å². The van der Waals surface area contributed by atoms with Crippen molar-refractivity contribution in [3.63, 3.8) is 0 Å². The van der Waals surface area contributed by atoms with Gasteiger partial charge in [-0.3, -0.25) is 4.98 Å². The number of imidazole rings is 1. The van der Waals surface area contributed by atoms with Gasteiger partial charge in [0.1, 0.15) is 0 Å². The molecule has 0 bridgehead atoms. The van der Waals surface area contributed by atoms with Crippen LogP contribution in [0.25, 0.3) is 83.4 Å². The van der Waals surface area contributed by atoms with E-state index in [1.54, 1.807) is 0 Å². The number of hydrogen-bond acceptors (Lipinski definition) is 2. The van der Waals surface area contributed by atoms with E-state index in [2.05, 4.69) is 149 Å². The van der Waals surface area contributed by atoms with Crippen molar-refractivity contribution in [3.8, 4) is 50.6 Å². The maximum Gasteiger partial charge on any atom is 2.00 e. The first kappa shape index (κ1) is 29.8. The van der Waals surface area contributed by atoms with Crippen LogP contribution in [0.4, 0.5) is 0 Å². The summed E-state index contributed by atoms with van der Waals surface area (Å²) in [4.78, 5) is 9.67.